The zero-order valence-electron chi connectivity index (χ0n) is 35.3. The smallest absolute Gasteiger partial charge is 0.220 e. The molecule has 1 rings (SSSR count). The van der Waals surface area contributed by atoms with Gasteiger partial charge in [-0.15, -0.1) is 0 Å². The summed E-state index contributed by atoms with van der Waals surface area (Å²) in [6.07, 6.45) is 32.6. The van der Waals surface area contributed by atoms with Gasteiger partial charge in [0.25, 0.3) is 0 Å². The summed E-state index contributed by atoms with van der Waals surface area (Å²) in [4.78, 5) is 13.0. The predicted molar refractivity (Wildman–Crippen MR) is 221 cm³/mol. The van der Waals surface area contributed by atoms with E-state index in [2.05, 4.69) is 19.2 Å². The van der Waals surface area contributed by atoms with Crippen molar-refractivity contribution in [1.29, 1.82) is 0 Å². The zero-order chi connectivity index (χ0) is 39.5. The summed E-state index contributed by atoms with van der Waals surface area (Å²) in [5, 5.41) is 54.3. The van der Waals surface area contributed by atoms with Crippen molar-refractivity contribution < 1.29 is 39.8 Å². The Kier molecular flexibility index (Phi) is 34.6. The van der Waals surface area contributed by atoms with Crippen LogP contribution >= 0.6 is 0 Å². The maximum Gasteiger partial charge on any atom is 0.220 e. The summed E-state index contributed by atoms with van der Waals surface area (Å²) >= 11 is 0. The molecule has 54 heavy (non-hydrogen) atoms. The Hall–Kier alpha value is -0.810. The van der Waals surface area contributed by atoms with E-state index in [0.29, 0.717) is 12.8 Å². The van der Waals surface area contributed by atoms with Crippen LogP contribution in [0.4, 0.5) is 0 Å². The number of amides is 1. The van der Waals surface area contributed by atoms with E-state index >= 15 is 0 Å². The van der Waals surface area contributed by atoms with Crippen molar-refractivity contribution in [1.82, 2.24) is 5.32 Å². The molecule has 0 radical (unpaired) electrons. The molecule has 9 nitrogen and oxygen atoms in total. The van der Waals surface area contributed by atoms with Gasteiger partial charge in [0, 0.05) is 6.42 Å². The molecule has 2 unspecified atom stereocenters. The summed E-state index contributed by atoms with van der Waals surface area (Å²) in [5.74, 6) is -0.141. The average Bonchev–Trinajstić information content (AvgIpc) is 3.17. The molecule has 0 aliphatic carbocycles. The number of carbonyl (C=O) groups excluding carboxylic acids is 1. The van der Waals surface area contributed by atoms with Gasteiger partial charge in [0.2, 0.25) is 5.91 Å². The number of aliphatic hydroxyl groups is 5. The van der Waals surface area contributed by atoms with E-state index in [1.54, 1.807) is 0 Å². The van der Waals surface area contributed by atoms with Gasteiger partial charge in [0.15, 0.2) is 6.29 Å². The third kappa shape index (κ3) is 26.9. The quantitative estimate of drug-likeness (QED) is 0.0339. The van der Waals surface area contributed by atoms with E-state index in [1.165, 1.54) is 161 Å². The number of hydrogen-bond donors (Lipinski definition) is 6. The van der Waals surface area contributed by atoms with Gasteiger partial charge in [-0.05, 0) is 12.8 Å². The highest BCUT2D eigenvalue weighted by molar-refractivity contribution is 5.76. The molecule has 0 bridgehead atoms. The lowest BCUT2D eigenvalue weighted by Gasteiger charge is -2.40. The lowest BCUT2D eigenvalue weighted by molar-refractivity contribution is -0.302. The van der Waals surface area contributed by atoms with Gasteiger partial charge in [-0.25, -0.2) is 0 Å². The Morgan fingerprint density at radius 2 is 0.926 bits per heavy atom. The average molecular weight is 772 g/mol. The second-order valence-corrected chi connectivity index (χ2v) is 16.6. The van der Waals surface area contributed by atoms with Crippen LogP contribution in [0.5, 0.6) is 0 Å². The van der Waals surface area contributed by atoms with E-state index in [0.717, 1.165) is 38.5 Å². The zero-order valence-corrected chi connectivity index (χ0v) is 35.3. The molecule has 1 amide bonds. The highest BCUT2D eigenvalue weighted by atomic mass is 16.7. The number of carbonyl (C=O) groups is 1. The van der Waals surface area contributed by atoms with Crippen molar-refractivity contribution in [3.8, 4) is 0 Å². The van der Waals surface area contributed by atoms with Gasteiger partial charge in [0.05, 0.1) is 25.4 Å². The number of nitrogens with one attached hydrogen (secondary N) is 1. The van der Waals surface area contributed by atoms with Crippen molar-refractivity contribution >= 4 is 5.91 Å². The van der Waals surface area contributed by atoms with Crippen LogP contribution in [-0.2, 0) is 14.3 Å². The molecule has 322 valence electrons. The Morgan fingerprint density at radius 3 is 1.31 bits per heavy atom. The van der Waals surface area contributed by atoms with E-state index in [-0.39, 0.29) is 12.5 Å². The third-order valence-corrected chi connectivity index (χ3v) is 11.5. The van der Waals surface area contributed by atoms with E-state index in [1.807, 2.05) is 0 Å². The van der Waals surface area contributed by atoms with Crippen molar-refractivity contribution in [2.45, 2.75) is 269 Å². The Bertz CT molecular complexity index is 817. The van der Waals surface area contributed by atoms with Crippen LogP contribution < -0.4 is 5.32 Å². The van der Waals surface area contributed by atoms with Crippen molar-refractivity contribution in [2.24, 2.45) is 0 Å². The molecule has 1 aliphatic rings. The SMILES string of the molecule is CCCCCCCCCCCCCCCCCCCCCCC(=O)N[C@@H](CO[C@H]1O[C@@H](CO)[C@H](O)C(O)C1O)[C@H](O)CCCCCCCCCCCCC. The van der Waals surface area contributed by atoms with Gasteiger partial charge in [-0.2, -0.15) is 0 Å². The number of ether oxygens (including phenoxy) is 2. The van der Waals surface area contributed by atoms with Crippen LogP contribution in [0.15, 0.2) is 0 Å². The number of rotatable bonds is 39. The minimum atomic E-state index is -1.55. The van der Waals surface area contributed by atoms with Crippen LogP contribution in [-0.4, -0.2) is 87.5 Å². The second-order valence-electron chi connectivity index (χ2n) is 16.6. The maximum absolute atomic E-state index is 13.0. The molecule has 1 fully saturated rings. The molecule has 1 saturated heterocycles. The van der Waals surface area contributed by atoms with Crippen LogP contribution in [0.1, 0.15) is 226 Å². The monoisotopic (exact) mass is 772 g/mol. The van der Waals surface area contributed by atoms with Gasteiger partial charge in [0.1, 0.15) is 24.4 Å². The Labute approximate surface area is 332 Å². The fourth-order valence-electron chi connectivity index (χ4n) is 7.69. The molecule has 6 N–H and O–H groups in total. The van der Waals surface area contributed by atoms with Crippen LogP contribution in [0, 0.1) is 0 Å². The summed E-state index contributed by atoms with van der Waals surface area (Å²) < 4.78 is 11.2. The van der Waals surface area contributed by atoms with E-state index < -0.39 is 49.5 Å². The molecule has 0 aromatic carbocycles. The molecule has 7 atom stereocenters. The predicted octanol–water partition coefficient (Wildman–Crippen LogP) is 9.56. The molecule has 0 saturated carbocycles. The molecular formula is C45H89NO8. The molecule has 9 heteroatoms. The first-order valence-electron chi connectivity index (χ1n) is 23.2. The van der Waals surface area contributed by atoms with Gasteiger partial charge < -0.3 is 40.3 Å². The normalized spacial score (nSPS) is 21.4. The molecule has 0 aromatic rings. The highest BCUT2D eigenvalue weighted by Gasteiger charge is 2.44. The Balaban J connectivity index is 2.26. The van der Waals surface area contributed by atoms with Crippen LogP contribution in [0.3, 0.4) is 0 Å². The molecule has 0 aromatic heterocycles. The fourth-order valence-corrected chi connectivity index (χ4v) is 7.69. The summed E-state index contributed by atoms with van der Waals surface area (Å²) in [6.45, 7) is 3.84. The second kappa shape index (κ2) is 36.5. The van der Waals surface area contributed by atoms with Crippen molar-refractivity contribution in [2.75, 3.05) is 13.2 Å². The van der Waals surface area contributed by atoms with Crippen molar-refractivity contribution in [3.63, 3.8) is 0 Å². The first-order chi connectivity index (χ1) is 26.3. The first-order valence-corrected chi connectivity index (χ1v) is 23.2. The van der Waals surface area contributed by atoms with Crippen LogP contribution in [0.25, 0.3) is 0 Å². The van der Waals surface area contributed by atoms with Crippen LogP contribution in [0.2, 0.25) is 0 Å². The first kappa shape index (κ1) is 51.2. The van der Waals surface area contributed by atoms with Gasteiger partial charge in [-0.3, -0.25) is 4.79 Å². The molecular weight excluding hydrogens is 682 g/mol. The Morgan fingerprint density at radius 1 is 0.556 bits per heavy atom. The minimum absolute atomic E-state index is 0.132. The summed E-state index contributed by atoms with van der Waals surface area (Å²) in [7, 11) is 0. The molecule has 1 aliphatic heterocycles. The molecule has 1 heterocycles. The number of unbranched alkanes of at least 4 members (excludes halogenated alkanes) is 29. The van der Waals surface area contributed by atoms with E-state index in [4.69, 9.17) is 9.47 Å². The van der Waals surface area contributed by atoms with E-state index in [9.17, 15) is 30.3 Å². The minimum Gasteiger partial charge on any atom is -0.394 e. The number of aliphatic hydroxyl groups excluding tert-OH is 5. The van der Waals surface area contributed by atoms with Crippen molar-refractivity contribution in [3.05, 3.63) is 0 Å². The fraction of sp³-hybridized carbons (Fsp3) is 0.978. The molecule has 0 spiro atoms. The maximum atomic E-state index is 13.0. The topological polar surface area (TPSA) is 149 Å². The lowest BCUT2D eigenvalue weighted by Crippen LogP contribution is -2.60. The van der Waals surface area contributed by atoms with Gasteiger partial charge >= 0.3 is 0 Å². The lowest BCUT2D eigenvalue weighted by atomic mass is 9.99. The summed E-state index contributed by atoms with van der Waals surface area (Å²) in [5.41, 5.74) is 0. The highest BCUT2D eigenvalue weighted by Crippen LogP contribution is 2.23. The summed E-state index contributed by atoms with van der Waals surface area (Å²) in [6, 6.07) is -0.710. The third-order valence-electron chi connectivity index (χ3n) is 11.5. The number of hydrogen-bond acceptors (Lipinski definition) is 8. The largest absolute Gasteiger partial charge is 0.394 e. The standard InChI is InChI=1S/C45H89NO8/c1-3-5-7-9-11-13-15-16-17-18-19-20-21-22-23-25-27-29-31-33-35-41(49)46-38(37-53-45-44(52)43(51)42(50)40(36-47)54-45)39(48)34-32-30-28-26-24-14-12-10-8-6-4-2/h38-40,42-45,47-48,50-52H,3-37H2,1-2H3,(H,46,49)/t38-,39+,40-,42-,43?,44?,45-/m0/s1. The van der Waals surface area contributed by atoms with Gasteiger partial charge in [-0.1, -0.05) is 206 Å².